The number of aromatic amines is 1. The van der Waals surface area contributed by atoms with Crippen LogP contribution in [0.5, 0.6) is 5.75 Å². The average molecular weight is 337 g/mol. The van der Waals surface area contributed by atoms with Crippen LogP contribution in [0.4, 0.5) is 4.39 Å². The molecule has 1 aromatic carbocycles. The summed E-state index contributed by atoms with van der Waals surface area (Å²) >= 11 is 0. The van der Waals surface area contributed by atoms with Crippen LogP contribution in [0.3, 0.4) is 0 Å². The van der Waals surface area contributed by atoms with Gasteiger partial charge in [-0.05, 0) is 54.9 Å². The first-order valence-corrected chi connectivity index (χ1v) is 8.35. The minimum atomic E-state index is -0.283. The average Bonchev–Trinajstić information content (AvgIpc) is 3.06. The molecule has 2 aromatic heterocycles. The van der Waals surface area contributed by atoms with Crippen LogP contribution in [0.2, 0.25) is 0 Å². The summed E-state index contributed by atoms with van der Waals surface area (Å²) in [5, 5.41) is 0.973. The van der Waals surface area contributed by atoms with Crippen molar-refractivity contribution >= 4 is 16.6 Å². The number of hydrogen-bond acceptors (Lipinski definition) is 3. The van der Waals surface area contributed by atoms with Crippen molar-refractivity contribution in [1.29, 1.82) is 0 Å². The van der Waals surface area contributed by atoms with E-state index >= 15 is 0 Å². The molecule has 1 N–H and O–H groups in total. The van der Waals surface area contributed by atoms with Crippen LogP contribution in [-0.2, 0) is 0 Å². The van der Waals surface area contributed by atoms with Crippen LogP contribution in [0.25, 0.3) is 27.7 Å². The van der Waals surface area contributed by atoms with E-state index in [1.165, 1.54) is 17.7 Å². The Morgan fingerprint density at radius 2 is 2.08 bits per heavy atom. The van der Waals surface area contributed by atoms with Crippen molar-refractivity contribution < 1.29 is 9.13 Å². The van der Waals surface area contributed by atoms with E-state index in [-0.39, 0.29) is 5.82 Å². The van der Waals surface area contributed by atoms with E-state index < -0.39 is 0 Å². The van der Waals surface area contributed by atoms with Crippen molar-refractivity contribution in [3.8, 4) is 16.9 Å². The molecule has 3 heterocycles. The maximum Gasteiger partial charge on any atom is 0.138 e. The quantitative estimate of drug-likeness (QED) is 0.782. The molecule has 5 heteroatoms. The number of nitrogens with one attached hydrogen (secondary N) is 1. The Morgan fingerprint density at radius 1 is 1.20 bits per heavy atom. The van der Waals surface area contributed by atoms with E-state index in [2.05, 4.69) is 34.1 Å². The number of fused-ring (bicyclic) bond motifs is 1. The summed E-state index contributed by atoms with van der Waals surface area (Å²) in [4.78, 5) is 10.1. The molecule has 0 bridgehead atoms. The second-order valence-corrected chi connectivity index (χ2v) is 6.39. The summed E-state index contributed by atoms with van der Waals surface area (Å²) in [6.07, 6.45) is 4.99. The Hall–Kier alpha value is -2.66. The van der Waals surface area contributed by atoms with Gasteiger partial charge in [0, 0.05) is 35.9 Å². The lowest BCUT2D eigenvalue weighted by atomic mass is 10.0. The molecule has 0 fully saturated rings. The normalized spacial score (nSPS) is 15.4. The van der Waals surface area contributed by atoms with Crippen molar-refractivity contribution in [3.05, 3.63) is 54.1 Å². The van der Waals surface area contributed by atoms with Crippen LogP contribution < -0.4 is 4.74 Å². The van der Waals surface area contributed by atoms with Gasteiger partial charge in [0.2, 0.25) is 0 Å². The molecule has 1 aliphatic rings. The van der Waals surface area contributed by atoms with Gasteiger partial charge in [-0.1, -0.05) is 6.08 Å². The number of rotatable bonds is 3. The van der Waals surface area contributed by atoms with E-state index in [1.807, 2.05) is 6.07 Å². The lowest BCUT2D eigenvalue weighted by Crippen LogP contribution is -2.23. The molecule has 0 saturated heterocycles. The highest BCUT2D eigenvalue weighted by Gasteiger charge is 2.16. The van der Waals surface area contributed by atoms with Gasteiger partial charge in [-0.2, -0.15) is 0 Å². The maximum absolute atomic E-state index is 13.8. The fraction of sp³-hybridized carbons (Fsp3) is 0.250. The third-order valence-electron chi connectivity index (χ3n) is 4.74. The van der Waals surface area contributed by atoms with E-state index in [0.717, 1.165) is 47.4 Å². The first-order valence-electron chi connectivity index (χ1n) is 8.35. The summed E-state index contributed by atoms with van der Waals surface area (Å²) in [5.74, 6) is 0.365. The summed E-state index contributed by atoms with van der Waals surface area (Å²) in [5.41, 5.74) is 4.83. The first-order chi connectivity index (χ1) is 12.2. The Morgan fingerprint density at radius 3 is 2.84 bits per heavy atom. The second kappa shape index (κ2) is 6.33. The smallest absolute Gasteiger partial charge is 0.138 e. The standard InChI is InChI=1S/C20H20FN3O/c1-24-9-6-13(7-10-24)18-12-17-15(5-8-22-20(17)23-18)16-11-14(21)3-4-19(16)25-2/h3-6,8,11-12H,7,9-10H2,1-2H3,(H,22,23). The van der Waals surface area contributed by atoms with Crippen LogP contribution in [0.1, 0.15) is 12.1 Å². The zero-order valence-corrected chi connectivity index (χ0v) is 14.3. The number of nitrogens with zero attached hydrogens (tertiary/aromatic N) is 2. The number of ether oxygens (including phenoxy) is 1. The number of methoxy groups -OCH3 is 1. The number of H-pyrrole nitrogens is 1. The topological polar surface area (TPSA) is 41.1 Å². The van der Waals surface area contributed by atoms with Crippen molar-refractivity contribution in [3.63, 3.8) is 0 Å². The number of hydrogen-bond donors (Lipinski definition) is 1. The lowest BCUT2D eigenvalue weighted by Gasteiger charge is -2.21. The zero-order valence-electron chi connectivity index (χ0n) is 14.3. The minimum absolute atomic E-state index is 0.283. The van der Waals surface area contributed by atoms with Crippen LogP contribution in [0.15, 0.2) is 42.6 Å². The Kier molecular flexibility index (Phi) is 4.01. The predicted molar refractivity (Wildman–Crippen MR) is 98.1 cm³/mol. The van der Waals surface area contributed by atoms with Gasteiger partial charge in [-0.15, -0.1) is 0 Å². The molecule has 25 heavy (non-hydrogen) atoms. The number of benzene rings is 1. The van der Waals surface area contributed by atoms with E-state index in [9.17, 15) is 4.39 Å². The highest BCUT2D eigenvalue weighted by Crippen LogP contribution is 2.36. The van der Waals surface area contributed by atoms with Gasteiger partial charge >= 0.3 is 0 Å². The van der Waals surface area contributed by atoms with Gasteiger partial charge in [0.05, 0.1) is 7.11 Å². The Balaban J connectivity index is 1.85. The van der Waals surface area contributed by atoms with E-state index in [4.69, 9.17) is 4.74 Å². The van der Waals surface area contributed by atoms with Crippen LogP contribution >= 0.6 is 0 Å². The van der Waals surface area contributed by atoms with Gasteiger partial charge in [-0.25, -0.2) is 9.37 Å². The largest absolute Gasteiger partial charge is 0.496 e. The summed E-state index contributed by atoms with van der Waals surface area (Å²) < 4.78 is 19.2. The first kappa shape index (κ1) is 15.8. The molecular weight excluding hydrogens is 317 g/mol. The predicted octanol–water partition coefficient (Wildman–Crippen LogP) is 4.10. The molecule has 128 valence electrons. The highest BCUT2D eigenvalue weighted by atomic mass is 19.1. The van der Waals surface area contributed by atoms with Crippen molar-refractivity contribution in [2.45, 2.75) is 6.42 Å². The van der Waals surface area contributed by atoms with Crippen molar-refractivity contribution in [1.82, 2.24) is 14.9 Å². The van der Waals surface area contributed by atoms with Gasteiger partial charge in [0.1, 0.15) is 17.2 Å². The zero-order chi connectivity index (χ0) is 17.4. The molecule has 0 atom stereocenters. The number of pyridine rings is 1. The van der Waals surface area contributed by atoms with E-state index in [1.54, 1.807) is 19.4 Å². The molecule has 0 spiro atoms. The number of halogens is 1. The summed E-state index contributed by atoms with van der Waals surface area (Å²) in [6.45, 7) is 1.99. The third-order valence-corrected chi connectivity index (χ3v) is 4.74. The van der Waals surface area contributed by atoms with Gasteiger partial charge in [-0.3, -0.25) is 0 Å². The Bertz CT molecular complexity index is 961. The minimum Gasteiger partial charge on any atom is -0.496 e. The van der Waals surface area contributed by atoms with Gasteiger partial charge in [0.15, 0.2) is 0 Å². The van der Waals surface area contributed by atoms with Crippen LogP contribution in [0, 0.1) is 5.82 Å². The monoisotopic (exact) mass is 337 g/mol. The van der Waals surface area contributed by atoms with Gasteiger partial charge < -0.3 is 14.6 Å². The fourth-order valence-electron chi connectivity index (χ4n) is 3.34. The molecule has 0 unspecified atom stereocenters. The molecule has 3 aromatic rings. The molecule has 4 rings (SSSR count). The maximum atomic E-state index is 13.8. The highest BCUT2D eigenvalue weighted by molar-refractivity contribution is 5.96. The number of aromatic nitrogens is 2. The summed E-state index contributed by atoms with van der Waals surface area (Å²) in [6, 6.07) is 8.59. The van der Waals surface area contributed by atoms with Gasteiger partial charge in [0.25, 0.3) is 0 Å². The van der Waals surface area contributed by atoms with Crippen LogP contribution in [-0.4, -0.2) is 42.1 Å². The SMILES string of the molecule is COc1ccc(F)cc1-c1ccnc2[nH]c(C3=CCN(C)CC3)cc12. The molecule has 0 saturated carbocycles. The third kappa shape index (κ3) is 2.91. The van der Waals surface area contributed by atoms with Crippen molar-refractivity contribution in [2.75, 3.05) is 27.2 Å². The second-order valence-electron chi connectivity index (χ2n) is 6.39. The fourth-order valence-corrected chi connectivity index (χ4v) is 3.34. The molecule has 0 radical (unpaired) electrons. The number of likely N-dealkylation sites (N-methyl/N-ethyl adjacent to an activating group) is 1. The molecule has 0 amide bonds. The molecular formula is C20H20FN3O. The van der Waals surface area contributed by atoms with Crippen molar-refractivity contribution in [2.24, 2.45) is 0 Å². The Labute approximate surface area is 145 Å². The van der Waals surface area contributed by atoms with E-state index in [0.29, 0.717) is 5.75 Å². The molecule has 4 nitrogen and oxygen atoms in total. The molecule has 0 aliphatic carbocycles. The summed E-state index contributed by atoms with van der Waals surface area (Å²) in [7, 11) is 3.72. The molecule has 1 aliphatic heterocycles. The lowest BCUT2D eigenvalue weighted by molar-refractivity contribution is 0.370.